The lowest BCUT2D eigenvalue weighted by molar-refractivity contribution is 0.656. The summed E-state index contributed by atoms with van der Waals surface area (Å²) >= 11 is 0. The van der Waals surface area contributed by atoms with Crippen molar-refractivity contribution in [3.8, 4) is 84.4 Å². The van der Waals surface area contributed by atoms with Gasteiger partial charge in [-0.2, -0.15) is 0 Å². The Morgan fingerprint density at radius 1 is 0.355 bits per heavy atom. The van der Waals surface area contributed by atoms with Gasteiger partial charge in [0.15, 0.2) is 17.5 Å². The average Bonchev–Trinajstić information content (AvgIpc) is 4.20. The van der Waals surface area contributed by atoms with Crippen molar-refractivity contribution in [2.75, 3.05) is 0 Å². The van der Waals surface area contributed by atoms with Crippen LogP contribution in [0.3, 0.4) is 0 Å². The van der Waals surface area contributed by atoms with Crippen molar-refractivity contribution in [3.63, 3.8) is 0 Å². The number of aromatic nitrogens is 4. The van der Waals surface area contributed by atoms with Gasteiger partial charge in [-0.15, -0.1) is 0 Å². The number of fused-ring (bicyclic) bond motifs is 12. The fourth-order valence-electron chi connectivity index (χ4n) is 13.4. The Balaban J connectivity index is 0.773. The highest BCUT2D eigenvalue weighted by Crippen LogP contribution is 2.56. The Hall–Kier alpha value is -8.99. The summed E-state index contributed by atoms with van der Waals surface area (Å²) in [6, 6.07) is 82.6. The fourth-order valence-corrected chi connectivity index (χ4v) is 13.4. The Morgan fingerprint density at radius 3 is 1.49 bits per heavy atom. The van der Waals surface area contributed by atoms with Gasteiger partial charge in [0.2, 0.25) is 0 Å². The number of hydrogen-bond acceptors (Lipinski definition) is 3. The number of hydrogen-bond donors (Lipinski definition) is 0. The van der Waals surface area contributed by atoms with E-state index in [1.165, 1.54) is 94.4 Å². The van der Waals surface area contributed by atoms with Crippen molar-refractivity contribution in [3.05, 3.63) is 263 Å². The van der Waals surface area contributed by atoms with E-state index in [2.05, 4.69) is 220 Å². The summed E-state index contributed by atoms with van der Waals surface area (Å²) in [6.45, 7) is 9.51. The first-order chi connectivity index (χ1) is 37.2. The van der Waals surface area contributed by atoms with Crippen LogP contribution in [0.1, 0.15) is 79.0 Å². The molecule has 0 saturated heterocycles. The third-order valence-electron chi connectivity index (χ3n) is 17.3. The minimum Gasteiger partial charge on any atom is -0.309 e. The van der Waals surface area contributed by atoms with Gasteiger partial charge in [-0.05, 0) is 145 Å². The van der Waals surface area contributed by atoms with E-state index in [4.69, 9.17) is 15.0 Å². The predicted molar refractivity (Wildman–Crippen MR) is 313 cm³/mol. The third kappa shape index (κ3) is 6.79. The molecule has 0 amide bonds. The van der Waals surface area contributed by atoms with E-state index in [1.54, 1.807) is 0 Å². The lowest BCUT2D eigenvalue weighted by atomic mass is 9.80. The normalized spacial score (nSPS) is 15.0. The van der Waals surface area contributed by atoms with Crippen LogP contribution >= 0.6 is 0 Å². The van der Waals surface area contributed by atoms with Crippen molar-refractivity contribution < 1.29 is 0 Å². The molecule has 15 rings (SSSR count). The van der Waals surface area contributed by atoms with Crippen LogP contribution in [0.5, 0.6) is 0 Å². The molecule has 4 nitrogen and oxygen atoms in total. The molecule has 3 aliphatic carbocycles. The van der Waals surface area contributed by atoms with Gasteiger partial charge in [0.1, 0.15) is 0 Å². The van der Waals surface area contributed by atoms with Crippen molar-refractivity contribution in [2.24, 2.45) is 0 Å². The lowest BCUT2D eigenvalue weighted by Crippen LogP contribution is -2.15. The first-order valence-corrected chi connectivity index (χ1v) is 26.8. The van der Waals surface area contributed by atoms with Crippen LogP contribution in [0, 0.1) is 0 Å². The lowest BCUT2D eigenvalue weighted by Gasteiger charge is -2.23. The second-order valence-corrected chi connectivity index (χ2v) is 22.3. The first-order valence-electron chi connectivity index (χ1n) is 26.8. The van der Waals surface area contributed by atoms with Gasteiger partial charge in [0, 0.05) is 49.9 Å². The highest BCUT2D eigenvalue weighted by Gasteiger charge is 2.39. The fraction of sp³-hybridized carbons (Fsp3) is 0.125. The largest absolute Gasteiger partial charge is 0.309 e. The number of rotatable bonds is 8. The molecule has 12 aromatic rings. The molecule has 10 aromatic carbocycles. The zero-order chi connectivity index (χ0) is 50.9. The number of nitrogens with zero attached hydrogens (tertiary/aromatic N) is 4. The number of benzene rings is 10. The van der Waals surface area contributed by atoms with Crippen LogP contribution in [0.2, 0.25) is 0 Å². The van der Waals surface area contributed by atoms with Crippen LogP contribution in [0.4, 0.5) is 0 Å². The van der Waals surface area contributed by atoms with Crippen LogP contribution in [-0.4, -0.2) is 19.5 Å². The minimum atomic E-state index is -0.147. The zero-order valence-corrected chi connectivity index (χ0v) is 43.1. The quantitative estimate of drug-likeness (QED) is 0.152. The van der Waals surface area contributed by atoms with E-state index in [0.717, 1.165) is 46.1 Å². The van der Waals surface area contributed by atoms with Gasteiger partial charge in [0.05, 0.1) is 11.0 Å². The molecule has 3 aliphatic rings. The molecule has 4 heteroatoms. The maximum Gasteiger partial charge on any atom is 0.164 e. The van der Waals surface area contributed by atoms with Crippen LogP contribution in [-0.2, 0) is 17.3 Å². The molecule has 2 aromatic heterocycles. The van der Waals surface area contributed by atoms with E-state index in [0.29, 0.717) is 23.4 Å². The van der Waals surface area contributed by atoms with Gasteiger partial charge >= 0.3 is 0 Å². The summed E-state index contributed by atoms with van der Waals surface area (Å²) in [6.07, 6.45) is 2.07. The van der Waals surface area contributed by atoms with Crippen molar-refractivity contribution >= 4 is 21.8 Å². The monoisotopic (exact) mass is 974 g/mol. The third-order valence-corrected chi connectivity index (χ3v) is 17.3. The maximum atomic E-state index is 5.14. The molecule has 76 heavy (non-hydrogen) atoms. The molecule has 0 radical (unpaired) electrons. The van der Waals surface area contributed by atoms with E-state index < -0.39 is 0 Å². The average molecular weight is 975 g/mol. The van der Waals surface area contributed by atoms with Gasteiger partial charge in [-0.3, -0.25) is 0 Å². The van der Waals surface area contributed by atoms with Crippen LogP contribution in [0.25, 0.3) is 106 Å². The van der Waals surface area contributed by atoms with Gasteiger partial charge in [-0.25, -0.2) is 15.0 Å². The first kappa shape index (κ1) is 44.5. The standard InChI is InChI=1S/C72H54N4/c1-71(2)62-25-15-13-23-54(62)58-40-56-52-22-12-11-21-51(52)53(57(56)42-64(58)71)37-29-44-27-30-45(31-28-44)46-32-35-50(36-33-46)76-66-38-34-49(70-74-68(47-17-7-5-8-18-47)73-69(75-70)48-19-9-6-10-20-48)39-60(66)61-41-59-55-24-14-16-26-63(55)72(3,4)65(59)43-67(61)76/h5-28,30-36,38-43,53H,29,37H2,1-4H3. The highest BCUT2D eigenvalue weighted by molar-refractivity contribution is 6.12. The SMILES string of the molecule is CC1(C)c2ccccc2-c2cc3c(cc21)C(CCc1ccc(-c2ccc(-n4c5ccc(-c6nc(-c7ccccc7)nc(-c7ccccc7)n6)cc5c5cc6c(cc54)C(C)(C)c4ccccc4-6)cc2)cc1)c1ccccc1-3. The van der Waals surface area contributed by atoms with Crippen LogP contribution in [0.15, 0.2) is 224 Å². The topological polar surface area (TPSA) is 43.6 Å². The summed E-state index contributed by atoms with van der Waals surface area (Å²) in [4.78, 5) is 15.3. The Bertz CT molecular complexity index is 4260. The van der Waals surface area contributed by atoms with Crippen molar-refractivity contribution in [1.29, 1.82) is 0 Å². The van der Waals surface area contributed by atoms with Gasteiger partial charge in [0.25, 0.3) is 0 Å². The Kier molecular flexibility index (Phi) is 9.81. The molecular formula is C72H54N4. The van der Waals surface area contributed by atoms with E-state index in [9.17, 15) is 0 Å². The molecule has 0 bridgehead atoms. The highest BCUT2D eigenvalue weighted by atomic mass is 15.0. The molecule has 2 heterocycles. The second kappa shape index (κ2) is 16.8. The van der Waals surface area contributed by atoms with Crippen molar-refractivity contribution in [1.82, 2.24) is 19.5 Å². The summed E-state index contributed by atoms with van der Waals surface area (Å²) in [5, 5.41) is 2.36. The molecule has 0 fully saturated rings. The molecule has 1 atom stereocenters. The molecular weight excluding hydrogens is 921 g/mol. The molecule has 1 unspecified atom stereocenters. The Labute approximate surface area is 444 Å². The summed E-state index contributed by atoms with van der Waals surface area (Å²) in [5.74, 6) is 2.31. The smallest absolute Gasteiger partial charge is 0.164 e. The van der Waals surface area contributed by atoms with Crippen molar-refractivity contribution in [2.45, 2.75) is 57.3 Å². The number of aryl methyl sites for hydroxylation is 1. The maximum absolute atomic E-state index is 5.14. The second-order valence-electron chi connectivity index (χ2n) is 22.3. The van der Waals surface area contributed by atoms with E-state index in [1.807, 2.05) is 36.4 Å². The zero-order valence-electron chi connectivity index (χ0n) is 43.1. The molecule has 0 saturated carbocycles. The summed E-state index contributed by atoms with van der Waals surface area (Å²) < 4.78 is 2.45. The molecule has 0 aliphatic heterocycles. The minimum absolute atomic E-state index is 0.0225. The van der Waals surface area contributed by atoms with E-state index in [-0.39, 0.29) is 10.8 Å². The summed E-state index contributed by atoms with van der Waals surface area (Å²) in [7, 11) is 0. The Morgan fingerprint density at radius 2 is 0.855 bits per heavy atom. The molecule has 362 valence electrons. The molecule has 0 spiro atoms. The van der Waals surface area contributed by atoms with E-state index >= 15 is 0 Å². The summed E-state index contributed by atoms with van der Waals surface area (Å²) in [5.41, 5.74) is 26.6. The molecule has 0 N–H and O–H groups in total. The predicted octanol–water partition coefficient (Wildman–Crippen LogP) is 18.0. The van der Waals surface area contributed by atoms with Gasteiger partial charge in [-0.1, -0.05) is 204 Å². The van der Waals surface area contributed by atoms with Crippen LogP contribution < -0.4 is 0 Å². The van der Waals surface area contributed by atoms with Gasteiger partial charge < -0.3 is 4.57 Å².